The molecule has 0 heterocycles. The number of hydrogen-bond donors (Lipinski definition) is 2. The van der Waals surface area contributed by atoms with Crippen LogP contribution in [0.3, 0.4) is 0 Å². The lowest BCUT2D eigenvalue weighted by Gasteiger charge is -2.32. The predicted molar refractivity (Wildman–Crippen MR) is 60.2 cm³/mol. The number of aliphatic hydroxyl groups is 1. The molecule has 1 aliphatic rings. The Morgan fingerprint density at radius 3 is 2.27 bits per heavy atom. The minimum absolute atomic E-state index is 0.0346. The molecule has 1 aliphatic carbocycles. The van der Waals surface area contributed by atoms with E-state index in [1.807, 2.05) is 0 Å². The van der Waals surface area contributed by atoms with Gasteiger partial charge in [-0.1, -0.05) is 12.2 Å². The molecule has 3 heteroatoms. The highest BCUT2D eigenvalue weighted by molar-refractivity contribution is 5.72. The Morgan fingerprint density at radius 2 is 1.93 bits per heavy atom. The molecule has 1 rings (SSSR count). The van der Waals surface area contributed by atoms with Crippen molar-refractivity contribution >= 4 is 5.91 Å². The molecule has 1 saturated carbocycles. The Morgan fingerprint density at radius 1 is 1.47 bits per heavy atom. The van der Waals surface area contributed by atoms with Gasteiger partial charge < -0.3 is 10.4 Å². The van der Waals surface area contributed by atoms with Crippen LogP contribution in [0, 0.1) is 11.8 Å². The normalized spacial score (nSPS) is 28.4. The summed E-state index contributed by atoms with van der Waals surface area (Å²) in [5, 5.41) is 13.2. The van der Waals surface area contributed by atoms with Gasteiger partial charge in [0, 0.05) is 25.3 Å². The van der Waals surface area contributed by atoms with Crippen LogP contribution in [0.1, 0.15) is 19.8 Å². The summed E-state index contributed by atoms with van der Waals surface area (Å²) in [6.45, 7) is 9.18. The predicted octanol–water partition coefficient (Wildman–Crippen LogP) is 1.25. The third-order valence-corrected chi connectivity index (χ3v) is 3.26. The first-order valence-electron chi connectivity index (χ1n) is 5.26. The first-order valence-corrected chi connectivity index (χ1v) is 5.26. The average molecular weight is 209 g/mol. The van der Waals surface area contributed by atoms with Gasteiger partial charge in [-0.15, -0.1) is 13.2 Å². The SMILES string of the molecule is C=C[C@@H]1CC[C@@H](C=C)C1(O)CNC(C)=O. The van der Waals surface area contributed by atoms with Crippen LogP contribution in [-0.4, -0.2) is 23.2 Å². The zero-order chi connectivity index (χ0) is 11.5. The van der Waals surface area contributed by atoms with Crippen molar-refractivity contribution in [1.29, 1.82) is 0 Å². The summed E-state index contributed by atoms with van der Waals surface area (Å²) in [4.78, 5) is 10.9. The molecule has 1 fully saturated rings. The largest absolute Gasteiger partial charge is 0.387 e. The highest BCUT2D eigenvalue weighted by Crippen LogP contribution is 2.41. The van der Waals surface area contributed by atoms with E-state index in [1.165, 1.54) is 6.92 Å². The second-order valence-electron chi connectivity index (χ2n) is 4.16. The summed E-state index contributed by atoms with van der Waals surface area (Å²) < 4.78 is 0. The van der Waals surface area contributed by atoms with Gasteiger partial charge in [-0.25, -0.2) is 0 Å². The standard InChI is InChI=1S/C12H19NO2/c1-4-10-6-7-11(5-2)12(10,15)8-13-9(3)14/h4-5,10-11,15H,1-2,6-8H2,3H3,(H,13,14)/t10-,11-/m1/s1. The third-order valence-electron chi connectivity index (χ3n) is 3.26. The van der Waals surface area contributed by atoms with E-state index in [2.05, 4.69) is 18.5 Å². The van der Waals surface area contributed by atoms with Crippen LogP contribution in [0.4, 0.5) is 0 Å². The fourth-order valence-electron chi connectivity index (χ4n) is 2.31. The van der Waals surface area contributed by atoms with Gasteiger partial charge in [-0.05, 0) is 12.8 Å². The van der Waals surface area contributed by atoms with Crippen molar-refractivity contribution in [2.24, 2.45) is 11.8 Å². The van der Waals surface area contributed by atoms with Crippen molar-refractivity contribution in [2.45, 2.75) is 25.4 Å². The van der Waals surface area contributed by atoms with Crippen LogP contribution >= 0.6 is 0 Å². The molecule has 0 radical (unpaired) electrons. The second-order valence-corrected chi connectivity index (χ2v) is 4.16. The summed E-state index contributed by atoms with van der Waals surface area (Å²) >= 11 is 0. The zero-order valence-corrected chi connectivity index (χ0v) is 9.20. The summed E-state index contributed by atoms with van der Waals surface area (Å²) in [5.74, 6) is -0.0550. The number of amides is 1. The minimum Gasteiger partial charge on any atom is -0.387 e. The van der Waals surface area contributed by atoms with Crippen molar-refractivity contribution < 1.29 is 9.90 Å². The molecular weight excluding hydrogens is 190 g/mol. The highest BCUT2D eigenvalue weighted by atomic mass is 16.3. The molecule has 0 spiro atoms. The van der Waals surface area contributed by atoms with Gasteiger partial charge in [0.25, 0.3) is 0 Å². The average Bonchev–Trinajstić information content (AvgIpc) is 2.52. The van der Waals surface area contributed by atoms with E-state index in [0.29, 0.717) is 0 Å². The topological polar surface area (TPSA) is 49.3 Å². The first kappa shape index (κ1) is 12.0. The highest BCUT2D eigenvalue weighted by Gasteiger charge is 2.46. The minimum atomic E-state index is -0.908. The molecule has 0 bridgehead atoms. The van der Waals surface area contributed by atoms with Gasteiger partial charge >= 0.3 is 0 Å². The maximum atomic E-state index is 10.9. The van der Waals surface area contributed by atoms with Crippen LogP contribution in [0.25, 0.3) is 0 Å². The molecule has 0 unspecified atom stereocenters. The smallest absolute Gasteiger partial charge is 0.216 e. The van der Waals surface area contributed by atoms with Gasteiger partial charge in [-0.2, -0.15) is 0 Å². The molecule has 0 saturated heterocycles. The molecule has 3 nitrogen and oxygen atoms in total. The van der Waals surface area contributed by atoms with Crippen LogP contribution in [0.15, 0.2) is 25.3 Å². The second kappa shape index (κ2) is 4.62. The Kier molecular flexibility index (Phi) is 3.69. The Hall–Kier alpha value is -1.09. The summed E-state index contributed by atoms with van der Waals surface area (Å²) in [5.41, 5.74) is -0.908. The Balaban J connectivity index is 2.77. The van der Waals surface area contributed by atoms with Crippen LogP contribution < -0.4 is 5.32 Å². The van der Waals surface area contributed by atoms with Gasteiger partial charge in [0.2, 0.25) is 5.91 Å². The van der Waals surface area contributed by atoms with E-state index in [4.69, 9.17) is 0 Å². The van der Waals surface area contributed by atoms with Gasteiger partial charge in [0.15, 0.2) is 0 Å². The third kappa shape index (κ3) is 2.29. The van der Waals surface area contributed by atoms with Crippen LogP contribution in [-0.2, 0) is 4.79 Å². The molecule has 0 aliphatic heterocycles. The lowest BCUT2D eigenvalue weighted by atomic mass is 9.84. The monoisotopic (exact) mass is 209 g/mol. The van der Waals surface area contributed by atoms with E-state index in [-0.39, 0.29) is 24.3 Å². The molecule has 0 aromatic rings. The Labute approximate surface area is 90.9 Å². The fourth-order valence-corrected chi connectivity index (χ4v) is 2.31. The van der Waals surface area contributed by atoms with E-state index in [0.717, 1.165) is 12.8 Å². The Bertz CT molecular complexity index is 257. The number of hydrogen-bond acceptors (Lipinski definition) is 2. The molecule has 1 amide bonds. The maximum Gasteiger partial charge on any atom is 0.216 e. The van der Waals surface area contributed by atoms with E-state index in [1.54, 1.807) is 12.2 Å². The van der Waals surface area contributed by atoms with Gasteiger partial charge in [0.05, 0.1) is 5.60 Å². The van der Waals surface area contributed by atoms with Crippen LogP contribution in [0.2, 0.25) is 0 Å². The summed E-state index contributed by atoms with van der Waals surface area (Å²) in [6, 6.07) is 0. The molecule has 0 aromatic carbocycles. The number of nitrogens with one attached hydrogen (secondary N) is 1. The van der Waals surface area contributed by atoms with E-state index in [9.17, 15) is 9.90 Å². The summed E-state index contributed by atoms with van der Waals surface area (Å²) in [6.07, 6.45) is 5.34. The lowest BCUT2D eigenvalue weighted by molar-refractivity contribution is -0.120. The molecular formula is C12H19NO2. The molecule has 2 N–H and O–H groups in total. The molecule has 2 atom stereocenters. The van der Waals surface area contributed by atoms with Crippen molar-refractivity contribution in [3.05, 3.63) is 25.3 Å². The van der Waals surface area contributed by atoms with E-state index < -0.39 is 5.60 Å². The van der Waals surface area contributed by atoms with Crippen molar-refractivity contribution in [2.75, 3.05) is 6.54 Å². The van der Waals surface area contributed by atoms with Gasteiger partial charge in [0.1, 0.15) is 0 Å². The summed E-state index contributed by atoms with van der Waals surface area (Å²) in [7, 11) is 0. The van der Waals surface area contributed by atoms with E-state index >= 15 is 0 Å². The van der Waals surface area contributed by atoms with Crippen molar-refractivity contribution in [3.63, 3.8) is 0 Å². The van der Waals surface area contributed by atoms with Crippen molar-refractivity contribution in [3.8, 4) is 0 Å². The number of carbonyl (C=O) groups excluding carboxylic acids is 1. The van der Waals surface area contributed by atoms with Crippen molar-refractivity contribution in [1.82, 2.24) is 5.32 Å². The quantitative estimate of drug-likeness (QED) is 0.685. The molecule has 84 valence electrons. The number of carbonyl (C=O) groups is 1. The molecule has 15 heavy (non-hydrogen) atoms. The van der Waals surface area contributed by atoms with Gasteiger partial charge in [-0.3, -0.25) is 4.79 Å². The van der Waals surface area contributed by atoms with Crippen LogP contribution in [0.5, 0.6) is 0 Å². The first-order chi connectivity index (χ1) is 7.04. The maximum absolute atomic E-state index is 10.9. The number of rotatable bonds is 4. The fraction of sp³-hybridized carbons (Fsp3) is 0.583. The zero-order valence-electron chi connectivity index (χ0n) is 9.20. The molecule has 0 aromatic heterocycles. The lowest BCUT2D eigenvalue weighted by Crippen LogP contribution is -2.48.